The molecule has 0 fully saturated rings. The van der Waals surface area contributed by atoms with Crippen LogP contribution in [0.5, 0.6) is 0 Å². The number of aliphatic carboxylic acids is 1. The molecular formula is C6H7Cl3O3. The lowest BCUT2D eigenvalue weighted by Gasteiger charge is -2.06. The highest BCUT2D eigenvalue weighted by Gasteiger charge is 2.19. The molecule has 0 unspecified atom stereocenters. The second kappa shape index (κ2) is 4.92. The number of carboxylic acids is 1. The van der Waals surface area contributed by atoms with Crippen LogP contribution in [0.3, 0.4) is 0 Å². The number of alkyl halides is 3. The van der Waals surface area contributed by atoms with E-state index in [0.717, 1.165) is 6.08 Å². The van der Waals surface area contributed by atoms with Crippen LogP contribution in [0, 0.1) is 0 Å². The van der Waals surface area contributed by atoms with Crippen molar-refractivity contribution in [2.75, 3.05) is 13.7 Å². The molecule has 3 nitrogen and oxygen atoms in total. The average molecular weight is 233 g/mol. The topological polar surface area (TPSA) is 46.5 Å². The standard InChI is InChI=1S/C6H7Cl3O3/c1-12-3-4(5(10)11)2-6(7,8)9/h2H,3H2,1H3,(H,10,11)/b4-2+. The van der Waals surface area contributed by atoms with Crippen LogP contribution in [0.2, 0.25) is 0 Å². The van der Waals surface area contributed by atoms with Gasteiger partial charge in [0.05, 0.1) is 12.2 Å². The van der Waals surface area contributed by atoms with E-state index in [1.54, 1.807) is 0 Å². The molecule has 0 saturated heterocycles. The molecule has 0 atom stereocenters. The maximum absolute atomic E-state index is 10.4. The molecule has 0 radical (unpaired) electrons. The zero-order valence-electron chi connectivity index (χ0n) is 6.18. The van der Waals surface area contributed by atoms with Crippen LogP contribution in [-0.2, 0) is 9.53 Å². The third-order valence-corrected chi connectivity index (χ3v) is 1.24. The van der Waals surface area contributed by atoms with Crippen molar-refractivity contribution in [3.8, 4) is 0 Å². The summed E-state index contributed by atoms with van der Waals surface area (Å²) >= 11 is 16.0. The Morgan fingerprint density at radius 2 is 2.08 bits per heavy atom. The fraction of sp³-hybridized carbons (Fsp3) is 0.500. The van der Waals surface area contributed by atoms with Gasteiger partial charge in [-0.25, -0.2) is 4.79 Å². The number of ether oxygens (including phenoxy) is 1. The number of halogens is 3. The van der Waals surface area contributed by atoms with Gasteiger partial charge in [-0.2, -0.15) is 0 Å². The highest BCUT2D eigenvalue weighted by molar-refractivity contribution is 6.69. The van der Waals surface area contributed by atoms with Gasteiger partial charge in [0.15, 0.2) is 0 Å². The van der Waals surface area contributed by atoms with E-state index in [-0.39, 0.29) is 12.2 Å². The van der Waals surface area contributed by atoms with Gasteiger partial charge in [0.1, 0.15) is 0 Å². The van der Waals surface area contributed by atoms with Gasteiger partial charge < -0.3 is 9.84 Å². The molecule has 1 N–H and O–H groups in total. The Morgan fingerprint density at radius 1 is 1.58 bits per heavy atom. The first kappa shape index (κ1) is 12.0. The Balaban J connectivity index is 4.50. The van der Waals surface area contributed by atoms with Crippen molar-refractivity contribution in [2.24, 2.45) is 0 Å². The average Bonchev–Trinajstić information content (AvgIpc) is 1.83. The number of carbonyl (C=O) groups is 1. The molecule has 0 amide bonds. The Bertz CT molecular complexity index is 195. The molecule has 0 aliphatic rings. The van der Waals surface area contributed by atoms with Crippen molar-refractivity contribution in [3.63, 3.8) is 0 Å². The molecule has 0 aliphatic carbocycles. The zero-order valence-corrected chi connectivity index (χ0v) is 8.45. The minimum Gasteiger partial charge on any atom is -0.478 e. The fourth-order valence-electron chi connectivity index (χ4n) is 0.518. The fourth-order valence-corrected chi connectivity index (χ4v) is 0.913. The van der Waals surface area contributed by atoms with E-state index in [2.05, 4.69) is 4.74 Å². The predicted octanol–water partition coefficient (Wildman–Crippen LogP) is 2.01. The van der Waals surface area contributed by atoms with Gasteiger partial charge in [-0.1, -0.05) is 34.8 Å². The number of carboxylic acid groups (broad SMARTS) is 1. The summed E-state index contributed by atoms with van der Waals surface area (Å²) in [6.45, 7) is -0.0940. The molecule has 0 saturated carbocycles. The molecule has 6 heteroatoms. The van der Waals surface area contributed by atoms with Gasteiger partial charge in [-0.15, -0.1) is 0 Å². The van der Waals surface area contributed by atoms with Gasteiger partial charge in [0.25, 0.3) is 0 Å². The summed E-state index contributed by atoms with van der Waals surface area (Å²) in [7, 11) is 1.36. The molecule has 0 heterocycles. The van der Waals surface area contributed by atoms with E-state index < -0.39 is 9.76 Å². The van der Waals surface area contributed by atoms with E-state index in [1.807, 2.05) is 0 Å². The normalized spacial score (nSPS) is 13.2. The second-order valence-electron chi connectivity index (χ2n) is 1.95. The van der Waals surface area contributed by atoms with Gasteiger partial charge in [0, 0.05) is 7.11 Å². The molecule has 0 spiro atoms. The summed E-state index contributed by atoms with van der Waals surface area (Å²) in [6, 6.07) is 0. The number of rotatable bonds is 3. The second-order valence-corrected chi connectivity index (χ2v) is 4.32. The smallest absolute Gasteiger partial charge is 0.333 e. The minimum atomic E-state index is -1.70. The van der Waals surface area contributed by atoms with Crippen molar-refractivity contribution in [1.29, 1.82) is 0 Å². The molecule has 12 heavy (non-hydrogen) atoms. The summed E-state index contributed by atoms with van der Waals surface area (Å²) in [5.41, 5.74) is -0.0856. The van der Waals surface area contributed by atoms with E-state index in [9.17, 15) is 4.79 Å². The van der Waals surface area contributed by atoms with Gasteiger partial charge in [-0.05, 0) is 6.08 Å². The zero-order chi connectivity index (χ0) is 9.78. The van der Waals surface area contributed by atoms with Crippen LogP contribution >= 0.6 is 34.8 Å². The first-order valence-electron chi connectivity index (χ1n) is 2.87. The lowest BCUT2D eigenvalue weighted by Crippen LogP contribution is -2.10. The lowest BCUT2D eigenvalue weighted by atomic mass is 10.3. The number of hydrogen-bond donors (Lipinski definition) is 1. The molecule has 0 aromatic rings. The van der Waals surface area contributed by atoms with Crippen molar-refractivity contribution in [3.05, 3.63) is 11.6 Å². The third kappa shape index (κ3) is 5.66. The van der Waals surface area contributed by atoms with E-state index in [0.29, 0.717) is 0 Å². The van der Waals surface area contributed by atoms with Gasteiger partial charge in [0.2, 0.25) is 3.79 Å². The summed E-state index contributed by atoms with van der Waals surface area (Å²) < 4.78 is 2.88. The molecule has 0 rings (SSSR count). The van der Waals surface area contributed by atoms with Crippen LogP contribution < -0.4 is 0 Å². The molecule has 0 bridgehead atoms. The largest absolute Gasteiger partial charge is 0.478 e. The molecule has 70 valence electrons. The van der Waals surface area contributed by atoms with Crippen LogP contribution in [0.1, 0.15) is 0 Å². The van der Waals surface area contributed by atoms with Crippen molar-refractivity contribution < 1.29 is 14.6 Å². The first-order valence-corrected chi connectivity index (χ1v) is 4.01. The summed E-state index contributed by atoms with van der Waals surface area (Å²) in [6.07, 6.45) is 1.00. The third-order valence-electron chi connectivity index (χ3n) is 0.912. The van der Waals surface area contributed by atoms with E-state index >= 15 is 0 Å². The minimum absolute atomic E-state index is 0.0856. The Labute approximate surface area is 84.9 Å². The Hall–Kier alpha value is 0.0400. The lowest BCUT2D eigenvalue weighted by molar-refractivity contribution is -0.133. The van der Waals surface area contributed by atoms with E-state index in [1.165, 1.54) is 7.11 Å². The van der Waals surface area contributed by atoms with Gasteiger partial charge in [-0.3, -0.25) is 0 Å². The molecule has 0 aromatic carbocycles. The quantitative estimate of drug-likeness (QED) is 0.599. The summed E-state index contributed by atoms with van der Waals surface area (Å²) in [4.78, 5) is 10.4. The SMILES string of the molecule is COC/C(=C\C(Cl)(Cl)Cl)C(=O)O. The van der Waals surface area contributed by atoms with Crippen LogP contribution in [0.15, 0.2) is 11.6 Å². The molecule has 0 aromatic heterocycles. The molecule has 0 aliphatic heterocycles. The predicted molar refractivity (Wildman–Crippen MR) is 47.9 cm³/mol. The van der Waals surface area contributed by atoms with Crippen LogP contribution in [0.25, 0.3) is 0 Å². The Morgan fingerprint density at radius 3 is 2.33 bits per heavy atom. The number of allylic oxidation sites excluding steroid dienone is 1. The monoisotopic (exact) mass is 232 g/mol. The molecular weight excluding hydrogens is 226 g/mol. The van der Waals surface area contributed by atoms with Crippen molar-refractivity contribution in [2.45, 2.75) is 3.79 Å². The van der Waals surface area contributed by atoms with Crippen molar-refractivity contribution in [1.82, 2.24) is 0 Å². The maximum atomic E-state index is 10.4. The summed E-state index contributed by atoms with van der Waals surface area (Å²) in [5, 5.41) is 8.54. The van der Waals surface area contributed by atoms with E-state index in [4.69, 9.17) is 39.9 Å². The van der Waals surface area contributed by atoms with Gasteiger partial charge >= 0.3 is 5.97 Å². The number of methoxy groups -OCH3 is 1. The highest BCUT2D eigenvalue weighted by atomic mass is 35.6. The van der Waals surface area contributed by atoms with Crippen LogP contribution in [-0.4, -0.2) is 28.6 Å². The first-order chi connectivity index (χ1) is 5.37. The van der Waals surface area contributed by atoms with Crippen molar-refractivity contribution >= 4 is 40.8 Å². The number of hydrogen-bond acceptors (Lipinski definition) is 2. The summed E-state index contributed by atoms with van der Waals surface area (Å²) in [5.74, 6) is -1.16. The highest BCUT2D eigenvalue weighted by Crippen LogP contribution is 2.28. The Kier molecular flexibility index (Phi) is 4.94. The maximum Gasteiger partial charge on any atom is 0.333 e. The van der Waals surface area contributed by atoms with Crippen LogP contribution in [0.4, 0.5) is 0 Å².